The van der Waals surface area contributed by atoms with E-state index in [0.717, 1.165) is 24.0 Å². The number of carbonyl (C=O) groups is 2. The molecule has 0 aliphatic heterocycles. The summed E-state index contributed by atoms with van der Waals surface area (Å²) >= 11 is 0. The maximum atomic E-state index is 11.7. The number of fused-ring (bicyclic) bond motifs is 1. The molecule has 90 valence electrons. The third-order valence-corrected chi connectivity index (χ3v) is 2.87. The fourth-order valence-corrected chi connectivity index (χ4v) is 2.04. The Hall–Kier alpha value is -1.84. The number of benzene rings is 1. The number of rotatable bonds is 4. The molecule has 2 N–H and O–H groups in total. The molecule has 4 nitrogen and oxygen atoms in total. The lowest BCUT2D eigenvalue weighted by Crippen LogP contribution is -2.16. The molecule has 0 radical (unpaired) electrons. The lowest BCUT2D eigenvalue weighted by atomic mass is 9.90. The molecule has 0 heterocycles. The quantitative estimate of drug-likeness (QED) is 0.855. The zero-order valence-electron chi connectivity index (χ0n) is 9.57. The molecule has 0 saturated heterocycles. The molecule has 1 aromatic rings. The summed E-state index contributed by atoms with van der Waals surface area (Å²) in [6.07, 6.45) is 2.52. The van der Waals surface area contributed by atoms with Gasteiger partial charge in [0, 0.05) is 17.5 Å². The van der Waals surface area contributed by atoms with Gasteiger partial charge in [-0.1, -0.05) is 12.1 Å². The van der Waals surface area contributed by atoms with Crippen LogP contribution in [0.15, 0.2) is 18.2 Å². The minimum Gasteiger partial charge on any atom is -0.493 e. The molecule has 0 bridgehead atoms. The molecule has 2 rings (SSSR count). The van der Waals surface area contributed by atoms with Crippen molar-refractivity contribution in [3.8, 4) is 5.75 Å². The summed E-state index contributed by atoms with van der Waals surface area (Å²) in [5.74, 6) is 0.495. The predicted octanol–water partition coefficient (Wildman–Crippen LogP) is 1.46. The van der Waals surface area contributed by atoms with Gasteiger partial charge in [-0.15, -0.1) is 0 Å². The van der Waals surface area contributed by atoms with Crippen molar-refractivity contribution in [1.82, 2.24) is 0 Å². The molecule has 0 atom stereocenters. The van der Waals surface area contributed by atoms with E-state index in [2.05, 4.69) is 0 Å². The van der Waals surface area contributed by atoms with Gasteiger partial charge in [0.2, 0.25) is 5.91 Å². The second-order valence-electron chi connectivity index (χ2n) is 4.12. The zero-order valence-corrected chi connectivity index (χ0v) is 9.57. The van der Waals surface area contributed by atoms with Crippen molar-refractivity contribution >= 4 is 11.7 Å². The van der Waals surface area contributed by atoms with E-state index in [9.17, 15) is 9.59 Å². The number of Topliss-reactive ketones (excluding diaryl/α,β-unsaturated/α-hetero) is 1. The van der Waals surface area contributed by atoms with Gasteiger partial charge in [-0.25, -0.2) is 0 Å². The van der Waals surface area contributed by atoms with Crippen LogP contribution in [0.25, 0.3) is 0 Å². The minimum absolute atomic E-state index is 0.173. The normalized spacial score (nSPS) is 14.2. The summed E-state index contributed by atoms with van der Waals surface area (Å²) in [4.78, 5) is 22.3. The van der Waals surface area contributed by atoms with Gasteiger partial charge < -0.3 is 10.5 Å². The Morgan fingerprint density at radius 3 is 2.94 bits per heavy atom. The van der Waals surface area contributed by atoms with Gasteiger partial charge in [0.15, 0.2) is 5.78 Å². The topological polar surface area (TPSA) is 69.4 Å². The smallest absolute Gasteiger partial charge is 0.220 e. The van der Waals surface area contributed by atoms with Gasteiger partial charge in [0.05, 0.1) is 13.0 Å². The van der Waals surface area contributed by atoms with Crippen LogP contribution in [0.5, 0.6) is 5.75 Å². The van der Waals surface area contributed by atoms with E-state index in [1.807, 2.05) is 18.2 Å². The van der Waals surface area contributed by atoms with Crippen LogP contribution in [0.3, 0.4) is 0 Å². The molecular weight excluding hydrogens is 218 g/mol. The SMILES string of the molecule is NC(=O)CCOc1cccc2c1CCCC2=O. The van der Waals surface area contributed by atoms with E-state index in [4.69, 9.17) is 10.5 Å². The fraction of sp³-hybridized carbons (Fsp3) is 0.385. The highest BCUT2D eigenvalue weighted by molar-refractivity contribution is 5.99. The van der Waals surface area contributed by atoms with Crippen molar-refractivity contribution in [2.75, 3.05) is 6.61 Å². The third-order valence-electron chi connectivity index (χ3n) is 2.87. The largest absolute Gasteiger partial charge is 0.493 e. The number of primary amides is 1. The summed E-state index contributed by atoms with van der Waals surface area (Å²) in [6, 6.07) is 5.47. The van der Waals surface area contributed by atoms with Gasteiger partial charge in [-0.05, 0) is 18.9 Å². The van der Waals surface area contributed by atoms with Crippen LogP contribution in [0.4, 0.5) is 0 Å². The molecule has 17 heavy (non-hydrogen) atoms. The molecule has 0 aromatic heterocycles. The number of ketones is 1. The molecule has 4 heteroatoms. The van der Waals surface area contributed by atoms with E-state index in [1.54, 1.807) is 0 Å². The molecule has 0 spiro atoms. The number of hydrogen-bond acceptors (Lipinski definition) is 3. The number of nitrogens with two attached hydrogens (primary N) is 1. The first-order valence-corrected chi connectivity index (χ1v) is 5.74. The molecule has 0 unspecified atom stereocenters. The second-order valence-corrected chi connectivity index (χ2v) is 4.12. The maximum absolute atomic E-state index is 11.7. The second kappa shape index (κ2) is 4.99. The molecule has 1 aliphatic carbocycles. The highest BCUT2D eigenvalue weighted by Crippen LogP contribution is 2.29. The summed E-state index contributed by atoms with van der Waals surface area (Å²) in [5, 5.41) is 0. The van der Waals surface area contributed by atoms with Crippen LogP contribution >= 0.6 is 0 Å². The Morgan fingerprint density at radius 1 is 1.35 bits per heavy atom. The number of amides is 1. The molecule has 0 saturated carbocycles. The van der Waals surface area contributed by atoms with Crippen molar-refractivity contribution < 1.29 is 14.3 Å². The molecular formula is C13H15NO3. The van der Waals surface area contributed by atoms with Gasteiger partial charge in [0.25, 0.3) is 0 Å². The zero-order chi connectivity index (χ0) is 12.3. The number of ether oxygens (including phenoxy) is 1. The van der Waals surface area contributed by atoms with E-state index in [0.29, 0.717) is 12.2 Å². The first-order chi connectivity index (χ1) is 8.18. The average Bonchev–Trinajstić information content (AvgIpc) is 2.30. The molecule has 0 fully saturated rings. The highest BCUT2D eigenvalue weighted by Gasteiger charge is 2.20. The predicted molar refractivity (Wildman–Crippen MR) is 63.0 cm³/mol. The van der Waals surface area contributed by atoms with Crippen LogP contribution < -0.4 is 10.5 Å². The van der Waals surface area contributed by atoms with Crippen LogP contribution in [0.1, 0.15) is 35.2 Å². The van der Waals surface area contributed by atoms with Crippen molar-refractivity contribution in [1.29, 1.82) is 0 Å². The van der Waals surface area contributed by atoms with Gasteiger partial charge >= 0.3 is 0 Å². The van der Waals surface area contributed by atoms with Crippen molar-refractivity contribution in [3.05, 3.63) is 29.3 Å². The van der Waals surface area contributed by atoms with Crippen molar-refractivity contribution in [3.63, 3.8) is 0 Å². The monoisotopic (exact) mass is 233 g/mol. The molecule has 1 amide bonds. The summed E-state index contributed by atoms with van der Waals surface area (Å²) < 4.78 is 5.51. The Bertz CT molecular complexity index is 454. The van der Waals surface area contributed by atoms with Crippen LogP contribution in [0.2, 0.25) is 0 Å². The first kappa shape index (κ1) is 11.6. The number of carbonyl (C=O) groups excluding carboxylic acids is 2. The molecule has 1 aromatic carbocycles. The van der Waals surface area contributed by atoms with Gasteiger partial charge in [-0.3, -0.25) is 9.59 Å². The molecule has 1 aliphatic rings. The first-order valence-electron chi connectivity index (χ1n) is 5.74. The van der Waals surface area contributed by atoms with E-state index in [-0.39, 0.29) is 24.7 Å². The maximum Gasteiger partial charge on any atom is 0.220 e. The lowest BCUT2D eigenvalue weighted by Gasteiger charge is -2.18. The standard InChI is InChI=1S/C13H15NO3/c14-13(16)7-8-17-12-6-2-3-9-10(12)4-1-5-11(9)15/h2-3,6H,1,4-5,7-8H2,(H2,14,16). The summed E-state index contributed by atoms with van der Waals surface area (Å²) in [7, 11) is 0. The van der Waals surface area contributed by atoms with Crippen LogP contribution in [-0.2, 0) is 11.2 Å². The Labute approximate surface area is 99.8 Å². The Kier molecular flexibility index (Phi) is 3.42. The Morgan fingerprint density at radius 2 is 2.18 bits per heavy atom. The van der Waals surface area contributed by atoms with Crippen molar-refractivity contribution in [2.24, 2.45) is 5.73 Å². The summed E-state index contributed by atoms with van der Waals surface area (Å²) in [5.41, 5.74) is 6.77. The van der Waals surface area contributed by atoms with Crippen molar-refractivity contribution in [2.45, 2.75) is 25.7 Å². The van der Waals surface area contributed by atoms with Crippen LogP contribution in [0, 0.1) is 0 Å². The summed E-state index contributed by atoms with van der Waals surface area (Å²) in [6.45, 7) is 0.264. The van der Waals surface area contributed by atoms with E-state index < -0.39 is 0 Å². The fourth-order valence-electron chi connectivity index (χ4n) is 2.04. The average molecular weight is 233 g/mol. The van der Waals surface area contributed by atoms with Gasteiger partial charge in [-0.2, -0.15) is 0 Å². The van der Waals surface area contributed by atoms with E-state index >= 15 is 0 Å². The minimum atomic E-state index is -0.383. The number of hydrogen-bond donors (Lipinski definition) is 1. The van der Waals surface area contributed by atoms with Crippen LogP contribution in [-0.4, -0.2) is 18.3 Å². The van der Waals surface area contributed by atoms with E-state index in [1.165, 1.54) is 0 Å². The Balaban J connectivity index is 2.15. The lowest BCUT2D eigenvalue weighted by molar-refractivity contribution is -0.118. The van der Waals surface area contributed by atoms with Gasteiger partial charge in [0.1, 0.15) is 5.75 Å². The third kappa shape index (κ3) is 2.64. The highest BCUT2D eigenvalue weighted by atomic mass is 16.5.